The average Bonchev–Trinajstić information content (AvgIpc) is 2.96. The standard InChI is InChI=1S/C13H18N4S2/c1-4-10(5-2)12-15-16-13(18)17(12)14-8-11-9(3)6-7-19-11/h6-8,10H,4-5H2,1-3H3,(H,16,18)/b14-8-. The van der Waals surface area contributed by atoms with Crippen LogP contribution in [-0.2, 0) is 0 Å². The van der Waals surface area contributed by atoms with E-state index < -0.39 is 0 Å². The molecule has 0 radical (unpaired) electrons. The van der Waals surface area contributed by atoms with Crippen LogP contribution in [0.15, 0.2) is 16.5 Å². The van der Waals surface area contributed by atoms with E-state index in [1.165, 1.54) is 5.56 Å². The van der Waals surface area contributed by atoms with E-state index in [2.05, 4.69) is 47.5 Å². The van der Waals surface area contributed by atoms with Gasteiger partial charge in [-0.1, -0.05) is 13.8 Å². The van der Waals surface area contributed by atoms with E-state index in [0.29, 0.717) is 10.7 Å². The molecular weight excluding hydrogens is 276 g/mol. The third-order valence-corrected chi connectivity index (χ3v) is 4.44. The van der Waals surface area contributed by atoms with E-state index in [9.17, 15) is 0 Å². The van der Waals surface area contributed by atoms with E-state index in [1.54, 1.807) is 16.0 Å². The summed E-state index contributed by atoms with van der Waals surface area (Å²) in [6.45, 7) is 6.39. The third-order valence-electron chi connectivity index (χ3n) is 3.22. The van der Waals surface area contributed by atoms with Crippen molar-refractivity contribution in [2.75, 3.05) is 0 Å². The normalized spacial score (nSPS) is 11.8. The lowest BCUT2D eigenvalue weighted by atomic mass is 10.0. The fourth-order valence-electron chi connectivity index (χ4n) is 1.96. The Kier molecular flexibility index (Phi) is 4.66. The fourth-order valence-corrected chi connectivity index (χ4v) is 2.93. The van der Waals surface area contributed by atoms with Crippen molar-refractivity contribution >= 4 is 29.8 Å². The van der Waals surface area contributed by atoms with Gasteiger partial charge in [-0.05, 0) is 49.0 Å². The van der Waals surface area contributed by atoms with Crippen molar-refractivity contribution in [2.24, 2.45) is 5.10 Å². The average molecular weight is 294 g/mol. The van der Waals surface area contributed by atoms with Crippen LogP contribution in [-0.4, -0.2) is 21.1 Å². The van der Waals surface area contributed by atoms with Gasteiger partial charge in [-0.25, -0.2) is 0 Å². The van der Waals surface area contributed by atoms with Gasteiger partial charge in [0.25, 0.3) is 0 Å². The van der Waals surface area contributed by atoms with Crippen LogP contribution < -0.4 is 0 Å². The summed E-state index contributed by atoms with van der Waals surface area (Å²) in [7, 11) is 0. The van der Waals surface area contributed by atoms with Crippen LogP contribution in [0.5, 0.6) is 0 Å². The van der Waals surface area contributed by atoms with Gasteiger partial charge in [0.15, 0.2) is 5.82 Å². The number of aromatic amines is 1. The molecule has 2 rings (SSSR count). The zero-order valence-electron chi connectivity index (χ0n) is 11.4. The largest absolute Gasteiger partial charge is 0.250 e. The monoisotopic (exact) mass is 294 g/mol. The SMILES string of the molecule is CCC(CC)c1n[nH]c(=S)n1/N=C\c1sccc1C. The van der Waals surface area contributed by atoms with E-state index in [0.717, 1.165) is 23.5 Å². The summed E-state index contributed by atoms with van der Waals surface area (Å²) in [6.07, 6.45) is 3.92. The maximum Gasteiger partial charge on any atom is 0.216 e. The second-order valence-electron chi connectivity index (χ2n) is 4.42. The van der Waals surface area contributed by atoms with Crippen molar-refractivity contribution < 1.29 is 0 Å². The number of aryl methyl sites for hydroxylation is 1. The number of H-pyrrole nitrogens is 1. The van der Waals surface area contributed by atoms with Crippen molar-refractivity contribution in [1.29, 1.82) is 0 Å². The second-order valence-corrected chi connectivity index (χ2v) is 5.76. The van der Waals surface area contributed by atoms with Crippen molar-refractivity contribution in [3.05, 3.63) is 32.5 Å². The Labute approximate surface area is 122 Å². The number of thiophene rings is 1. The Bertz CT molecular complexity index is 617. The summed E-state index contributed by atoms with van der Waals surface area (Å²) in [5.41, 5.74) is 1.23. The van der Waals surface area contributed by atoms with E-state index in [-0.39, 0.29) is 0 Å². The summed E-state index contributed by atoms with van der Waals surface area (Å²) in [5.74, 6) is 1.30. The van der Waals surface area contributed by atoms with Gasteiger partial charge < -0.3 is 0 Å². The minimum absolute atomic E-state index is 0.384. The molecule has 0 aliphatic rings. The van der Waals surface area contributed by atoms with Gasteiger partial charge in [0, 0.05) is 5.92 Å². The molecule has 0 amide bonds. The van der Waals surface area contributed by atoms with Gasteiger partial charge in [0.2, 0.25) is 4.77 Å². The Balaban J connectivity index is 2.35. The molecule has 0 saturated heterocycles. The zero-order valence-corrected chi connectivity index (χ0v) is 13.0. The highest BCUT2D eigenvalue weighted by Gasteiger charge is 2.14. The Hall–Kier alpha value is -1.27. The molecule has 0 spiro atoms. The number of aromatic nitrogens is 3. The van der Waals surface area contributed by atoms with Crippen molar-refractivity contribution in [3.8, 4) is 0 Å². The predicted octanol–water partition coefficient (Wildman–Crippen LogP) is 4.10. The van der Waals surface area contributed by atoms with Crippen molar-refractivity contribution in [3.63, 3.8) is 0 Å². The molecule has 0 fully saturated rings. The quantitative estimate of drug-likeness (QED) is 0.666. The van der Waals surface area contributed by atoms with Crippen LogP contribution in [0.1, 0.15) is 48.9 Å². The van der Waals surface area contributed by atoms with Crippen molar-refractivity contribution in [2.45, 2.75) is 39.5 Å². The van der Waals surface area contributed by atoms with E-state index in [1.807, 2.05) is 6.21 Å². The molecule has 0 bridgehead atoms. The van der Waals surface area contributed by atoms with Crippen LogP contribution >= 0.6 is 23.6 Å². The second kappa shape index (κ2) is 6.25. The molecule has 102 valence electrons. The number of nitrogens with one attached hydrogen (secondary N) is 1. The first-order chi connectivity index (χ1) is 9.17. The molecule has 4 nitrogen and oxygen atoms in total. The van der Waals surface area contributed by atoms with E-state index in [4.69, 9.17) is 12.2 Å². The molecule has 19 heavy (non-hydrogen) atoms. The summed E-state index contributed by atoms with van der Waals surface area (Å²) in [4.78, 5) is 1.15. The number of rotatable bonds is 5. The molecule has 1 N–H and O–H groups in total. The molecule has 0 aliphatic heterocycles. The first-order valence-corrected chi connectivity index (χ1v) is 7.71. The summed E-state index contributed by atoms with van der Waals surface area (Å²) < 4.78 is 2.29. The minimum Gasteiger partial charge on any atom is -0.250 e. The highest BCUT2D eigenvalue weighted by molar-refractivity contribution is 7.71. The lowest BCUT2D eigenvalue weighted by molar-refractivity contribution is 0.571. The first-order valence-electron chi connectivity index (χ1n) is 6.43. The predicted molar refractivity (Wildman–Crippen MR) is 82.8 cm³/mol. The highest BCUT2D eigenvalue weighted by atomic mass is 32.1. The Morgan fingerprint density at radius 3 is 2.84 bits per heavy atom. The Morgan fingerprint density at radius 2 is 2.26 bits per heavy atom. The smallest absolute Gasteiger partial charge is 0.216 e. The highest BCUT2D eigenvalue weighted by Crippen LogP contribution is 2.21. The van der Waals surface area contributed by atoms with Gasteiger partial charge in [-0.2, -0.15) is 14.9 Å². The molecule has 0 saturated carbocycles. The minimum atomic E-state index is 0.384. The molecule has 0 atom stereocenters. The van der Waals surface area contributed by atoms with Crippen LogP contribution in [0.4, 0.5) is 0 Å². The van der Waals surface area contributed by atoms with Crippen molar-refractivity contribution in [1.82, 2.24) is 14.9 Å². The molecule has 6 heteroatoms. The third kappa shape index (κ3) is 3.01. The molecule has 0 aliphatic carbocycles. The van der Waals surface area contributed by atoms with Gasteiger partial charge in [-0.15, -0.1) is 11.3 Å². The number of nitrogens with zero attached hydrogens (tertiary/aromatic N) is 3. The summed E-state index contributed by atoms with van der Waals surface area (Å²) >= 11 is 6.93. The van der Waals surface area contributed by atoms with Crippen LogP contribution in [0.25, 0.3) is 0 Å². The van der Waals surface area contributed by atoms with Crippen LogP contribution in [0, 0.1) is 11.7 Å². The van der Waals surface area contributed by atoms with Gasteiger partial charge in [0.05, 0.1) is 11.1 Å². The maximum atomic E-state index is 5.25. The van der Waals surface area contributed by atoms with Gasteiger partial charge in [-0.3, -0.25) is 5.10 Å². The lowest BCUT2D eigenvalue weighted by Gasteiger charge is -2.10. The molecule has 0 unspecified atom stereocenters. The maximum absolute atomic E-state index is 5.25. The number of hydrogen-bond acceptors (Lipinski definition) is 4. The van der Waals surface area contributed by atoms with Gasteiger partial charge >= 0.3 is 0 Å². The summed E-state index contributed by atoms with van der Waals surface area (Å²) in [6, 6.07) is 2.09. The van der Waals surface area contributed by atoms with E-state index >= 15 is 0 Å². The van der Waals surface area contributed by atoms with Crippen LogP contribution in [0.3, 0.4) is 0 Å². The topological polar surface area (TPSA) is 46.0 Å². The van der Waals surface area contributed by atoms with Crippen LogP contribution in [0.2, 0.25) is 0 Å². The lowest BCUT2D eigenvalue weighted by Crippen LogP contribution is -2.05. The van der Waals surface area contributed by atoms with Gasteiger partial charge in [0.1, 0.15) is 0 Å². The number of hydrogen-bond donors (Lipinski definition) is 1. The fraction of sp³-hybridized carbons (Fsp3) is 0.462. The molecule has 0 aromatic carbocycles. The Morgan fingerprint density at radius 1 is 1.53 bits per heavy atom. The molecule has 2 aromatic heterocycles. The molecular formula is C13H18N4S2. The zero-order chi connectivity index (χ0) is 13.8. The molecule has 2 heterocycles. The molecule has 2 aromatic rings. The first kappa shape index (κ1) is 14.1. The summed E-state index contributed by atoms with van der Waals surface area (Å²) in [5, 5.41) is 13.7.